The summed E-state index contributed by atoms with van der Waals surface area (Å²) < 4.78 is 79.2. The lowest BCUT2D eigenvalue weighted by molar-refractivity contribution is -0.138. The molecule has 2 N–H and O–H groups in total. The predicted molar refractivity (Wildman–Crippen MR) is 148 cm³/mol. The molecule has 1 aliphatic heterocycles. The van der Waals surface area contributed by atoms with E-state index in [0.29, 0.717) is 20.0 Å². The number of benzene rings is 2. The van der Waals surface area contributed by atoms with Gasteiger partial charge in [-0.3, -0.25) is 9.36 Å². The Bertz CT molecular complexity index is 1670. The summed E-state index contributed by atoms with van der Waals surface area (Å²) in [6, 6.07) is 9.22. The Morgan fingerprint density at radius 1 is 1.12 bits per heavy atom. The third kappa shape index (κ3) is 4.93. The topological polar surface area (TPSA) is 57.2 Å². The first-order chi connectivity index (χ1) is 18.9. The van der Waals surface area contributed by atoms with Crippen LogP contribution in [-0.2, 0) is 12.6 Å². The first kappa shape index (κ1) is 28.7. The summed E-state index contributed by atoms with van der Waals surface area (Å²) in [5.41, 5.74) is 4.76. The number of alkyl halides is 3. The van der Waals surface area contributed by atoms with Crippen molar-refractivity contribution >= 4 is 34.7 Å². The number of thiophene rings is 1. The maximum Gasteiger partial charge on any atom is 0.416 e. The van der Waals surface area contributed by atoms with Crippen molar-refractivity contribution in [2.75, 3.05) is 12.9 Å². The van der Waals surface area contributed by atoms with Crippen molar-refractivity contribution in [1.82, 2.24) is 4.57 Å². The summed E-state index contributed by atoms with van der Waals surface area (Å²) in [6.07, 6.45) is -5.28. The molecular weight excluding hydrogens is 591 g/mol. The minimum Gasteiger partial charge on any atom is -0.494 e. The maximum atomic E-state index is 15.5. The number of nitrogens with zero attached hydrogens (tertiary/aromatic N) is 1. The third-order valence-corrected chi connectivity index (χ3v) is 9.58. The largest absolute Gasteiger partial charge is 0.494 e. The van der Waals surface area contributed by atoms with Gasteiger partial charge in [0.2, 0.25) is 0 Å². The highest BCUT2D eigenvalue weighted by Gasteiger charge is 2.38. The smallest absolute Gasteiger partial charge is 0.416 e. The summed E-state index contributed by atoms with van der Waals surface area (Å²) in [6.45, 7) is 1.53. The van der Waals surface area contributed by atoms with Crippen LogP contribution in [0.4, 0.5) is 22.0 Å². The summed E-state index contributed by atoms with van der Waals surface area (Å²) >= 11 is 8.60. The van der Waals surface area contributed by atoms with Crippen LogP contribution in [0.25, 0.3) is 11.1 Å². The van der Waals surface area contributed by atoms with Gasteiger partial charge in [-0.15, -0.1) is 23.1 Å². The standard InChI is InChI=1S/C28H22ClF5N2O2S2/c1-13-15(11-16-17(28(32,33)34)6-4-7-18(16)30)27-36(19(12-39-27)25(35)21-9-10-22(29)40-21)26(37)23(13)14-5-3-8-20(38-2)24(14)31/h3-10,19,25H,11-12,35H2,1-2H3/t19-,25?/m0/s1. The maximum absolute atomic E-state index is 15.5. The number of pyridine rings is 1. The van der Waals surface area contributed by atoms with E-state index in [9.17, 15) is 22.4 Å². The normalized spacial score (nSPS) is 15.8. The van der Waals surface area contributed by atoms with Crippen molar-refractivity contribution in [2.24, 2.45) is 5.73 Å². The average molecular weight is 613 g/mol. The van der Waals surface area contributed by atoms with Crippen LogP contribution in [0.15, 0.2) is 58.4 Å². The van der Waals surface area contributed by atoms with Crippen molar-refractivity contribution in [3.05, 3.63) is 102 Å². The van der Waals surface area contributed by atoms with Gasteiger partial charge in [-0.25, -0.2) is 8.78 Å². The third-order valence-electron chi connectivity index (χ3n) is 7.03. The Balaban J connectivity index is 1.79. The Hall–Kier alpha value is -2.86. The van der Waals surface area contributed by atoms with Gasteiger partial charge in [-0.2, -0.15) is 13.2 Å². The van der Waals surface area contributed by atoms with Gasteiger partial charge in [0.15, 0.2) is 11.6 Å². The number of nitrogens with two attached hydrogens (primary N) is 1. The second-order valence-corrected chi connectivity index (χ2v) is 12.0. The molecule has 0 saturated carbocycles. The lowest BCUT2D eigenvalue weighted by Gasteiger charge is -2.24. The molecule has 3 heterocycles. The molecule has 4 nitrogen and oxygen atoms in total. The van der Waals surface area contributed by atoms with Crippen molar-refractivity contribution in [3.8, 4) is 16.9 Å². The summed E-state index contributed by atoms with van der Waals surface area (Å²) in [5, 5.41) is 0.369. The first-order valence-electron chi connectivity index (χ1n) is 12.0. The number of ether oxygens (including phenoxy) is 1. The van der Waals surface area contributed by atoms with Crippen LogP contribution in [0.5, 0.6) is 5.75 Å². The fourth-order valence-electron chi connectivity index (χ4n) is 5.06. The first-order valence-corrected chi connectivity index (χ1v) is 14.2. The summed E-state index contributed by atoms with van der Waals surface area (Å²) in [7, 11) is 1.28. The number of hydrogen-bond donors (Lipinski definition) is 1. The Morgan fingerprint density at radius 3 is 2.50 bits per heavy atom. The Labute approximate surface area is 239 Å². The minimum absolute atomic E-state index is 0.0519. The van der Waals surface area contributed by atoms with E-state index in [1.54, 1.807) is 12.1 Å². The zero-order valence-corrected chi connectivity index (χ0v) is 23.5. The Morgan fingerprint density at radius 2 is 1.85 bits per heavy atom. The van der Waals surface area contributed by atoms with Gasteiger partial charge in [0.1, 0.15) is 5.82 Å². The van der Waals surface area contributed by atoms with E-state index < -0.39 is 53.0 Å². The number of hydrogen-bond acceptors (Lipinski definition) is 5. The highest BCUT2D eigenvalue weighted by molar-refractivity contribution is 7.99. The molecule has 1 unspecified atom stereocenters. The van der Waals surface area contributed by atoms with Crippen LogP contribution in [0.1, 0.15) is 39.2 Å². The molecule has 5 rings (SSSR count). The number of thioether (sulfide) groups is 1. The van der Waals surface area contributed by atoms with Crippen LogP contribution in [-0.4, -0.2) is 17.4 Å². The lowest BCUT2D eigenvalue weighted by atomic mass is 9.92. The number of fused-ring (bicyclic) bond motifs is 1. The molecular formula is C28H22ClF5N2O2S2. The van der Waals surface area contributed by atoms with Crippen LogP contribution >= 0.6 is 34.7 Å². The molecule has 0 amide bonds. The van der Waals surface area contributed by atoms with Gasteiger partial charge >= 0.3 is 6.18 Å². The average Bonchev–Trinajstić information content (AvgIpc) is 3.54. The molecule has 2 atom stereocenters. The number of aromatic nitrogens is 1. The predicted octanol–water partition coefficient (Wildman–Crippen LogP) is 7.78. The molecule has 0 spiro atoms. The van der Waals surface area contributed by atoms with Crippen molar-refractivity contribution in [1.29, 1.82) is 0 Å². The van der Waals surface area contributed by atoms with Crippen molar-refractivity contribution in [3.63, 3.8) is 0 Å². The highest BCUT2D eigenvalue weighted by Crippen LogP contribution is 2.45. The molecule has 40 heavy (non-hydrogen) atoms. The van der Waals surface area contributed by atoms with E-state index in [4.69, 9.17) is 22.1 Å². The molecule has 0 fully saturated rings. The zero-order chi connectivity index (χ0) is 28.9. The van der Waals surface area contributed by atoms with E-state index in [0.717, 1.165) is 18.2 Å². The quantitative estimate of drug-likeness (QED) is 0.226. The number of rotatable bonds is 6. The molecule has 2 aromatic carbocycles. The second kappa shape index (κ2) is 10.8. The van der Waals surface area contributed by atoms with Crippen LogP contribution in [0, 0.1) is 18.6 Å². The molecule has 2 aromatic heterocycles. The van der Waals surface area contributed by atoms with Crippen molar-refractivity contribution < 1.29 is 26.7 Å². The molecule has 0 saturated heterocycles. The van der Waals surface area contributed by atoms with E-state index in [-0.39, 0.29) is 28.0 Å². The fraction of sp³-hybridized carbons (Fsp3) is 0.250. The minimum atomic E-state index is -4.81. The monoisotopic (exact) mass is 612 g/mol. The van der Waals surface area contributed by atoms with Crippen LogP contribution in [0.2, 0.25) is 4.34 Å². The van der Waals surface area contributed by atoms with Crippen LogP contribution < -0.4 is 16.0 Å². The molecule has 4 aromatic rings. The lowest BCUT2D eigenvalue weighted by Crippen LogP contribution is -2.33. The summed E-state index contributed by atoms with van der Waals surface area (Å²) in [4.78, 5) is 14.8. The highest BCUT2D eigenvalue weighted by atomic mass is 35.5. The van der Waals surface area contributed by atoms with Gasteiger partial charge in [-0.05, 0) is 48.4 Å². The molecule has 1 aliphatic rings. The van der Waals surface area contributed by atoms with E-state index >= 15 is 4.39 Å². The SMILES string of the molecule is COc1cccc(-c2c(C)c(Cc3c(F)cccc3C(F)(F)F)c3n(c2=O)[C@H](C(N)c2ccc(Cl)s2)CS3)c1F. The fourth-order valence-corrected chi connectivity index (χ4v) is 7.62. The second-order valence-electron chi connectivity index (χ2n) is 9.27. The van der Waals surface area contributed by atoms with E-state index in [1.807, 2.05) is 0 Å². The molecule has 0 radical (unpaired) electrons. The molecule has 0 bridgehead atoms. The summed E-state index contributed by atoms with van der Waals surface area (Å²) in [5.74, 6) is -1.60. The molecule has 0 aliphatic carbocycles. The van der Waals surface area contributed by atoms with Crippen molar-refractivity contribution in [2.45, 2.75) is 36.6 Å². The molecule has 12 heteroatoms. The molecule has 210 valence electrons. The van der Waals surface area contributed by atoms with Gasteiger partial charge in [0.05, 0.1) is 39.7 Å². The van der Waals surface area contributed by atoms with Crippen LogP contribution in [0.3, 0.4) is 0 Å². The van der Waals surface area contributed by atoms with Gasteiger partial charge < -0.3 is 10.5 Å². The zero-order valence-electron chi connectivity index (χ0n) is 21.1. The van der Waals surface area contributed by atoms with Gasteiger partial charge in [0.25, 0.3) is 5.56 Å². The van der Waals surface area contributed by atoms with E-state index in [1.165, 1.54) is 59.9 Å². The van der Waals surface area contributed by atoms with Gasteiger partial charge in [0, 0.05) is 28.2 Å². The number of halogens is 6. The van der Waals surface area contributed by atoms with E-state index in [2.05, 4.69) is 0 Å². The number of methoxy groups -OCH3 is 1. The Kier molecular flexibility index (Phi) is 7.77. The van der Waals surface area contributed by atoms with Gasteiger partial charge in [-0.1, -0.05) is 29.8 Å².